The number of methoxy groups -OCH3 is 1. The van der Waals surface area contributed by atoms with Gasteiger partial charge in [0, 0.05) is 19.2 Å². The van der Waals surface area contributed by atoms with Crippen molar-refractivity contribution in [3.63, 3.8) is 0 Å². The zero-order valence-electron chi connectivity index (χ0n) is 12.1. The summed E-state index contributed by atoms with van der Waals surface area (Å²) in [4.78, 5) is 12.1. The Balaban J connectivity index is 2.59. The SMILES string of the molecule is COCC(O)CCNC(=O)c1c(C)cc(C)cc1C. The standard InChI is InChI=1S/C15H23NO3/c1-10-7-11(2)14(12(3)8-10)15(18)16-6-5-13(17)9-19-4/h7-8,13,17H,5-6,9H2,1-4H3,(H,16,18). The molecule has 0 spiro atoms. The number of benzene rings is 1. The van der Waals surface area contributed by atoms with Gasteiger partial charge in [-0.3, -0.25) is 4.79 Å². The van der Waals surface area contributed by atoms with Gasteiger partial charge in [-0.2, -0.15) is 0 Å². The van der Waals surface area contributed by atoms with Gasteiger partial charge in [0.25, 0.3) is 5.91 Å². The van der Waals surface area contributed by atoms with Crippen LogP contribution in [0.1, 0.15) is 33.5 Å². The van der Waals surface area contributed by atoms with Crippen molar-refractivity contribution in [1.29, 1.82) is 0 Å². The van der Waals surface area contributed by atoms with Crippen LogP contribution in [0.5, 0.6) is 0 Å². The zero-order chi connectivity index (χ0) is 14.4. The minimum Gasteiger partial charge on any atom is -0.391 e. The summed E-state index contributed by atoms with van der Waals surface area (Å²) in [6.45, 7) is 6.63. The lowest BCUT2D eigenvalue weighted by molar-refractivity contribution is 0.0587. The number of carbonyl (C=O) groups is 1. The molecule has 1 amide bonds. The normalized spacial score (nSPS) is 12.3. The number of aliphatic hydroxyl groups is 1. The van der Waals surface area contributed by atoms with Gasteiger partial charge in [-0.1, -0.05) is 17.7 Å². The Kier molecular flexibility index (Phi) is 5.99. The van der Waals surface area contributed by atoms with Crippen molar-refractivity contribution in [3.8, 4) is 0 Å². The van der Waals surface area contributed by atoms with Crippen LogP contribution in [-0.2, 0) is 4.74 Å². The molecule has 106 valence electrons. The molecule has 0 aliphatic carbocycles. The quantitative estimate of drug-likeness (QED) is 0.823. The van der Waals surface area contributed by atoms with Crippen LogP contribution in [0.25, 0.3) is 0 Å². The summed E-state index contributed by atoms with van der Waals surface area (Å²) >= 11 is 0. The molecule has 2 N–H and O–H groups in total. The van der Waals surface area contributed by atoms with Gasteiger partial charge in [0.05, 0.1) is 12.7 Å². The van der Waals surface area contributed by atoms with Crippen molar-refractivity contribution in [2.24, 2.45) is 0 Å². The number of aliphatic hydroxyl groups excluding tert-OH is 1. The highest BCUT2D eigenvalue weighted by Gasteiger charge is 2.13. The van der Waals surface area contributed by atoms with E-state index in [1.54, 1.807) is 7.11 Å². The number of aryl methyl sites for hydroxylation is 3. The zero-order valence-corrected chi connectivity index (χ0v) is 12.1. The number of hydrogen-bond donors (Lipinski definition) is 2. The molecule has 0 aliphatic heterocycles. The molecule has 0 bridgehead atoms. The summed E-state index contributed by atoms with van der Waals surface area (Å²) in [7, 11) is 1.54. The molecule has 0 aliphatic rings. The van der Waals surface area contributed by atoms with Crippen molar-refractivity contribution in [2.75, 3.05) is 20.3 Å². The lowest BCUT2D eigenvalue weighted by Gasteiger charge is -2.13. The maximum atomic E-state index is 12.1. The summed E-state index contributed by atoms with van der Waals surface area (Å²) in [6.07, 6.45) is -0.0469. The Bertz CT molecular complexity index is 420. The fourth-order valence-electron chi connectivity index (χ4n) is 2.25. The highest BCUT2D eigenvalue weighted by atomic mass is 16.5. The van der Waals surface area contributed by atoms with E-state index >= 15 is 0 Å². The Labute approximate surface area is 114 Å². The summed E-state index contributed by atoms with van der Waals surface area (Å²) in [6, 6.07) is 4.00. The molecule has 0 radical (unpaired) electrons. The average Bonchev–Trinajstić information content (AvgIpc) is 2.27. The van der Waals surface area contributed by atoms with Gasteiger partial charge in [-0.25, -0.2) is 0 Å². The second-order valence-electron chi connectivity index (χ2n) is 4.93. The Hall–Kier alpha value is -1.39. The second-order valence-corrected chi connectivity index (χ2v) is 4.93. The van der Waals surface area contributed by atoms with Crippen molar-refractivity contribution in [3.05, 3.63) is 34.4 Å². The molecule has 1 unspecified atom stereocenters. The molecule has 0 saturated carbocycles. The lowest BCUT2D eigenvalue weighted by atomic mass is 9.99. The largest absolute Gasteiger partial charge is 0.391 e. The monoisotopic (exact) mass is 265 g/mol. The van der Waals surface area contributed by atoms with Crippen LogP contribution in [-0.4, -0.2) is 37.4 Å². The molecule has 1 atom stereocenters. The van der Waals surface area contributed by atoms with Gasteiger partial charge >= 0.3 is 0 Å². The van der Waals surface area contributed by atoms with E-state index in [0.717, 1.165) is 22.3 Å². The molecule has 0 heterocycles. The number of amides is 1. The first-order valence-corrected chi connectivity index (χ1v) is 6.48. The molecule has 4 nitrogen and oxygen atoms in total. The van der Waals surface area contributed by atoms with E-state index in [2.05, 4.69) is 5.32 Å². The third kappa shape index (κ3) is 4.65. The average molecular weight is 265 g/mol. The van der Waals surface area contributed by atoms with E-state index in [1.165, 1.54) is 0 Å². The van der Waals surface area contributed by atoms with Gasteiger partial charge in [0.15, 0.2) is 0 Å². The van der Waals surface area contributed by atoms with Crippen LogP contribution in [0.4, 0.5) is 0 Å². The van der Waals surface area contributed by atoms with Gasteiger partial charge in [-0.15, -0.1) is 0 Å². The fraction of sp³-hybridized carbons (Fsp3) is 0.533. The molecule has 1 rings (SSSR count). The summed E-state index contributed by atoms with van der Waals surface area (Å²) in [5.74, 6) is -0.0837. The molecule has 0 saturated heterocycles. The Morgan fingerprint density at radius 1 is 1.32 bits per heavy atom. The topological polar surface area (TPSA) is 58.6 Å². The van der Waals surface area contributed by atoms with Crippen molar-refractivity contribution < 1.29 is 14.6 Å². The summed E-state index contributed by atoms with van der Waals surface area (Å²) < 4.78 is 4.83. The minimum absolute atomic E-state index is 0.0837. The Morgan fingerprint density at radius 2 is 1.89 bits per heavy atom. The maximum Gasteiger partial charge on any atom is 0.251 e. The molecule has 1 aromatic carbocycles. The van der Waals surface area contributed by atoms with E-state index in [0.29, 0.717) is 19.6 Å². The first-order chi connectivity index (χ1) is 8.95. The second kappa shape index (κ2) is 7.26. The van der Waals surface area contributed by atoms with E-state index < -0.39 is 6.10 Å². The molecule has 0 aromatic heterocycles. The number of hydrogen-bond acceptors (Lipinski definition) is 3. The predicted molar refractivity (Wildman–Crippen MR) is 75.5 cm³/mol. The predicted octanol–water partition coefficient (Wildman–Crippen LogP) is 1.74. The fourth-order valence-corrected chi connectivity index (χ4v) is 2.25. The highest BCUT2D eigenvalue weighted by Crippen LogP contribution is 2.16. The summed E-state index contributed by atoms with van der Waals surface area (Å²) in [5, 5.41) is 12.3. The van der Waals surface area contributed by atoms with Crippen molar-refractivity contribution >= 4 is 5.91 Å². The van der Waals surface area contributed by atoms with Crippen LogP contribution in [0, 0.1) is 20.8 Å². The molecule has 4 heteroatoms. The smallest absolute Gasteiger partial charge is 0.251 e. The van der Waals surface area contributed by atoms with E-state index in [4.69, 9.17) is 4.74 Å². The minimum atomic E-state index is -0.537. The van der Waals surface area contributed by atoms with E-state index in [9.17, 15) is 9.90 Å². The third-order valence-electron chi connectivity index (χ3n) is 3.03. The maximum absolute atomic E-state index is 12.1. The third-order valence-corrected chi connectivity index (χ3v) is 3.03. The van der Waals surface area contributed by atoms with Gasteiger partial charge in [-0.05, 0) is 38.3 Å². The number of carbonyl (C=O) groups excluding carboxylic acids is 1. The van der Waals surface area contributed by atoms with E-state index in [1.807, 2.05) is 32.9 Å². The molecule has 0 fully saturated rings. The molecular formula is C15H23NO3. The van der Waals surface area contributed by atoms with E-state index in [-0.39, 0.29) is 5.91 Å². The van der Waals surface area contributed by atoms with Gasteiger partial charge in [0.2, 0.25) is 0 Å². The van der Waals surface area contributed by atoms with Gasteiger partial charge in [0.1, 0.15) is 0 Å². The van der Waals surface area contributed by atoms with Gasteiger partial charge < -0.3 is 15.2 Å². The number of rotatable bonds is 6. The van der Waals surface area contributed by atoms with Crippen molar-refractivity contribution in [2.45, 2.75) is 33.3 Å². The summed E-state index contributed by atoms with van der Waals surface area (Å²) in [5.41, 5.74) is 3.84. The molecule has 19 heavy (non-hydrogen) atoms. The van der Waals surface area contributed by atoms with Crippen LogP contribution in [0.2, 0.25) is 0 Å². The van der Waals surface area contributed by atoms with Crippen LogP contribution in [0.3, 0.4) is 0 Å². The first-order valence-electron chi connectivity index (χ1n) is 6.48. The molecule has 1 aromatic rings. The van der Waals surface area contributed by atoms with Crippen LogP contribution < -0.4 is 5.32 Å². The lowest BCUT2D eigenvalue weighted by Crippen LogP contribution is -2.29. The first kappa shape index (κ1) is 15.7. The highest BCUT2D eigenvalue weighted by molar-refractivity contribution is 5.97. The van der Waals surface area contributed by atoms with Crippen LogP contribution >= 0.6 is 0 Å². The molecular weight excluding hydrogens is 242 g/mol. The number of nitrogens with one attached hydrogen (secondary N) is 1. The number of ether oxygens (including phenoxy) is 1. The van der Waals surface area contributed by atoms with Crippen molar-refractivity contribution in [1.82, 2.24) is 5.32 Å². The Morgan fingerprint density at radius 3 is 2.42 bits per heavy atom. The van der Waals surface area contributed by atoms with Crippen LogP contribution in [0.15, 0.2) is 12.1 Å².